The first-order valence-electron chi connectivity index (χ1n) is 7.43. The number of ether oxygens (including phenoxy) is 4. The Morgan fingerprint density at radius 1 is 1.14 bits per heavy atom. The molecule has 128 valence electrons. The molecule has 0 spiro atoms. The average molecular weight is 430 g/mol. The van der Waals surface area contributed by atoms with Gasteiger partial charge in [0.15, 0.2) is 18.7 Å². The summed E-state index contributed by atoms with van der Waals surface area (Å²) in [5.41, 5.74) is 0. The molecule has 0 aromatic carbocycles. The van der Waals surface area contributed by atoms with E-state index < -0.39 is 46.9 Å². The molecule has 0 saturated carbocycles. The third-order valence-corrected chi connectivity index (χ3v) is 5.27. The van der Waals surface area contributed by atoms with Gasteiger partial charge in [-0.1, -0.05) is 22.6 Å². The van der Waals surface area contributed by atoms with Gasteiger partial charge in [-0.05, 0) is 20.3 Å². The lowest BCUT2D eigenvalue weighted by atomic mass is 10.0. The molecule has 0 bridgehead atoms. The average Bonchev–Trinajstić information content (AvgIpc) is 2.43. The third kappa shape index (κ3) is 4.30. The maximum atomic E-state index is 11.3. The van der Waals surface area contributed by atoms with Crippen LogP contribution < -0.4 is 0 Å². The van der Waals surface area contributed by atoms with E-state index in [4.69, 9.17) is 18.9 Å². The monoisotopic (exact) mass is 430 g/mol. The molecule has 2 N–H and O–H groups in total. The molecule has 0 radical (unpaired) electrons. The third-order valence-electron chi connectivity index (χ3n) is 3.94. The molecule has 2 heterocycles. The summed E-state index contributed by atoms with van der Waals surface area (Å²) in [5.74, 6) is -0.428. The van der Waals surface area contributed by atoms with Gasteiger partial charge in [0.25, 0.3) is 0 Å². The molecule has 22 heavy (non-hydrogen) atoms. The van der Waals surface area contributed by atoms with Crippen molar-refractivity contribution in [3.63, 3.8) is 0 Å². The number of halogens is 1. The van der Waals surface area contributed by atoms with Gasteiger partial charge in [-0.25, -0.2) is 0 Å². The van der Waals surface area contributed by atoms with Gasteiger partial charge >= 0.3 is 5.97 Å². The van der Waals surface area contributed by atoms with Crippen molar-refractivity contribution in [1.82, 2.24) is 0 Å². The summed E-state index contributed by atoms with van der Waals surface area (Å²) in [5, 5.41) is 19.7. The molecule has 2 fully saturated rings. The molecule has 2 rings (SSSR count). The van der Waals surface area contributed by atoms with E-state index in [0.717, 1.165) is 0 Å². The zero-order chi connectivity index (χ0) is 16.4. The second kappa shape index (κ2) is 7.71. The standard InChI is InChI=1S/C14H23IO7/c1-6-9(17)4-5-10(19-6)22-13-11(15)14(18)20-7(2)12(13)21-8(3)16/h6-7,9-14,17-18H,4-5H2,1-3H3/t6-,7+,9-,10-,11+,12+,13+,14-/m0/s1. The van der Waals surface area contributed by atoms with E-state index in [-0.39, 0.29) is 6.10 Å². The van der Waals surface area contributed by atoms with Gasteiger partial charge in [-0.15, -0.1) is 0 Å². The Morgan fingerprint density at radius 2 is 1.82 bits per heavy atom. The summed E-state index contributed by atoms with van der Waals surface area (Å²) in [6.07, 6.45) is -2.85. The Balaban J connectivity index is 2.07. The maximum Gasteiger partial charge on any atom is 0.303 e. The van der Waals surface area contributed by atoms with Crippen LogP contribution in [0.3, 0.4) is 0 Å². The topological polar surface area (TPSA) is 94.5 Å². The van der Waals surface area contributed by atoms with Crippen molar-refractivity contribution in [3.05, 3.63) is 0 Å². The molecule has 2 aliphatic heterocycles. The van der Waals surface area contributed by atoms with Crippen molar-refractivity contribution < 1.29 is 34.0 Å². The minimum absolute atomic E-state index is 0.319. The Labute approximate surface area is 143 Å². The molecule has 0 aromatic rings. The highest BCUT2D eigenvalue weighted by atomic mass is 127. The van der Waals surface area contributed by atoms with Crippen LogP contribution in [0.5, 0.6) is 0 Å². The van der Waals surface area contributed by atoms with Crippen LogP contribution in [0, 0.1) is 0 Å². The van der Waals surface area contributed by atoms with E-state index in [1.807, 2.05) is 22.6 Å². The Hall–Kier alpha value is -0.000000000000000153. The normalized spacial score (nSPS) is 46.3. The first kappa shape index (κ1) is 18.3. The van der Waals surface area contributed by atoms with Gasteiger partial charge in [-0.3, -0.25) is 4.79 Å². The van der Waals surface area contributed by atoms with Crippen molar-refractivity contribution in [2.75, 3.05) is 0 Å². The molecule has 2 saturated heterocycles. The summed E-state index contributed by atoms with van der Waals surface area (Å²) in [7, 11) is 0. The number of aliphatic hydroxyl groups is 2. The molecule has 0 aromatic heterocycles. The van der Waals surface area contributed by atoms with Gasteiger partial charge in [0.1, 0.15) is 6.10 Å². The molecule has 0 amide bonds. The van der Waals surface area contributed by atoms with Crippen molar-refractivity contribution in [3.8, 4) is 0 Å². The highest BCUT2D eigenvalue weighted by Crippen LogP contribution is 2.32. The number of hydrogen-bond donors (Lipinski definition) is 2. The Bertz CT molecular complexity index is 393. The fraction of sp³-hybridized carbons (Fsp3) is 0.929. The van der Waals surface area contributed by atoms with E-state index >= 15 is 0 Å². The molecule has 2 aliphatic rings. The second-order valence-electron chi connectivity index (χ2n) is 5.77. The van der Waals surface area contributed by atoms with E-state index in [9.17, 15) is 15.0 Å². The predicted molar refractivity (Wildman–Crippen MR) is 84.4 cm³/mol. The van der Waals surface area contributed by atoms with Crippen molar-refractivity contribution in [2.24, 2.45) is 0 Å². The summed E-state index contributed by atoms with van der Waals surface area (Å²) in [6, 6.07) is 0. The Kier molecular flexibility index (Phi) is 6.43. The van der Waals surface area contributed by atoms with Gasteiger partial charge < -0.3 is 29.2 Å². The van der Waals surface area contributed by atoms with Crippen LogP contribution in [0.4, 0.5) is 0 Å². The smallest absolute Gasteiger partial charge is 0.303 e. The molecule has 0 unspecified atom stereocenters. The molecule has 7 nitrogen and oxygen atoms in total. The lowest BCUT2D eigenvalue weighted by Crippen LogP contribution is -2.58. The zero-order valence-corrected chi connectivity index (χ0v) is 15.0. The lowest BCUT2D eigenvalue weighted by molar-refractivity contribution is -0.287. The zero-order valence-electron chi connectivity index (χ0n) is 12.8. The first-order chi connectivity index (χ1) is 10.3. The fourth-order valence-electron chi connectivity index (χ4n) is 2.71. The van der Waals surface area contributed by atoms with E-state index in [1.165, 1.54) is 6.92 Å². The Morgan fingerprint density at radius 3 is 2.41 bits per heavy atom. The lowest BCUT2D eigenvalue weighted by Gasteiger charge is -2.43. The summed E-state index contributed by atoms with van der Waals surface area (Å²) in [4.78, 5) is 11.3. The minimum atomic E-state index is -1.00. The van der Waals surface area contributed by atoms with Crippen molar-refractivity contribution >= 4 is 28.6 Å². The van der Waals surface area contributed by atoms with Crippen LogP contribution in [-0.2, 0) is 23.7 Å². The van der Waals surface area contributed by atoms with Crippen LogP contribution in [0.2, 0.25) is 0 Å². The highest BCUT2D eigenvalue weighted by molar-refractivity contribution is 14.1. The molecule has 8 atom stereocenters. The fourth-order valence-corrected chi connectivity index (χ4v) is 3.45. The predicted octanol–water partition coefficient (Wildman–Crippen LogP) is 0.730. The SMILES string of the molecule is CC(=O)O[C@H]1[C@H](O[C@H]2CC[C@H](O)[C@H](C)O2)[C@@H](I)[C@@H](O)O[C@@H]1C. The van der Waals surface area contributed by atoms with Gasteiger partial charge in [0, 0.05) is 13.3 Å². The van der Waals surface area contributed by atoms with Crippen LogP contribution in [0.15, 0.2) is 0 Å². The molecule has 0 aliphatic carbocycles. The number of alkyl halides is 1. The van der Waals surface area contributed by atoms with Crippen LogP contribution in [0.25, 0.3) is 0 Å². The van der Waals surface area contributed by atoms with Gasteiger partial charge in [-0.2, -0.15) is 0 Å². The summed E-state index contributed by atoms with van der Waals surface area (Å²) >= 11 is 2.03. The molecule has 8 heteroatoms. The van der Waals surface area contributed by atoms with Crippen molar-refractivity contribution in [2.45, 2.75) is 80.6 Å². The molecular formula is C14H23IO7. The van der Waals surface area contributed by atoms with Crippen molar-refractivity contribution in [1.29, 1.82) is 0 Å². The maximum absolute atomic E-state index is 11.3. The van der Waals surface area contributed by atoms with Crippen LogP contribution in [-0.4, -0.2) is 63.2 Å². The number of carbonyl (C=O) groups excluding carboxylic acids is 1. The van der Waals surface area contributed by atoms with E-state index in [1.54, 1.807) is 13.8 Å². The number of rotatable bonds is 3. The number of carbonyl (C=O) groups is 1. The van der Waals surface area contributed by atoms with Crippen LogP contribution >= 0.6 is 22.6 Å². The summed E-state index contributed by atoms with van der Waals surface area (Å²) in [6.45, 7) is 4.84. The first-order valence-corrected chi connectivity index (χ1v) is 8.68. The molecular weight excluding hydrogens is 407 g/mol. The largest absolute Gasteiger partial charge is 0.457 e. The number of aliphatic hydroxyl groups excluding tert-OH is 2. The van der Waals surface area contributed by atoms with Gasteiger partial charge in [0.05, 0.1) is 22.2 Å². The second-order valence-corrected chi connectivity index (χ2v) is 7.20. The number of hydrogen-bond acceptors (Lipinski definition) is 7. The summed E-state index contributed by atoms with van der Waals surface area (Å²) < 4.78 is 21.9. The minimum Gasteiger partial charge on any atom is -0.457 e. The van der Waals surface area contributed by atoms with Gasteiger partial charge in [0.2, 0.25) is 0 Å². The number of esters is 1. The highest BCUT2D eigenvalue weighted by Gasteiger charge is 2.47. The quantitative estimate of drug-likeness (QED) is 0.387. The van der Waals surface area contributed by atoms with E-state index in [2.05, 4.69) is 0 Å². The van der Waals surface area contributed by atoms with Crippen LogP contribution in [0.1, 0.15) is 33.6 Å². The van der Waals surface area contributed by atoms with E-state index in [0.29, 0.717) is 12.8 Å².